The summed E-state index contributed by atoms with van der Waals surface area (Å²) >= 11 is 0. The van der Waals surface area contributed by atoms with Gasteiger partial charge in [0.15, 0.2) is 5.78 Å². The number of ether oxygens (including phenoxy) is 1. The number of hydrogen-bond donors (Lipinski definition) is 0. The number of aryl methyl sites for hydroxylation is 1. The van der Waals surface area contributed by atoms with Gasteiger partial charge in [0.05, 0.1) is 6.10 Å². The summed E-state index contributed by atoms with van der Waals surface area (Å²) in [6, 6.07) is 1.81. The molecule has 1 fully saturated rings. The van der Waals surface area contributed by atoms with Gasteiger partial charge in [-0.15, -0.1) is 0 Å². The van der Waals surface area contributed by atoms with Crippen molar-refractivity contribution in [3.8, 4) is 0 Å². The quantitative estimate of drug-likeness (QED) is 0.712. The highest BCUT2D eigenvalue weighted by molar-refractivity contribution is 5.94. The van der Waals surface area contributed by atoms with Gasteiger partial charge in [0.2, 0.25) is 0 Å². The van der Waals surface area contributed by atoms with Crippen molar-refractivity contribution >= 4 is 5.78 Å². The molecule has 0 bridgehead atoms. The average Bonchev–Trinajstić information content (AvgIpc) is 2.74. The van der Waals surface area contributed by atoms with Crippen LogP contribution >= 0.6 is 0 Å². The minimum absolute atomic E-state index is 0.212. The van der Waals surface area contributed by atoms with Crippen molar-refractivity contribution in [3.05, 3.63) is 18.0 Å². The third-order valence-corrected chi connectivity index (χ3v) is 3.37. The van der Waals surface area contributed by atoms with Crippen LogP contribution in [0, 0.1) is 5.92 Å². The lowest BCUT2D eigenvalue weighted by molar-refractivity contribution is -0.0246. The van der Waals surface area contributed by atoms with Crippen LogP contribution in [0.1, 0.15) is 43.6 Å². The molecule has 1 aromatic heterocycles. The number of ketones is 1. The van der Waals surface area contributed by atoms with E-state index in [1.807, 2.05) is 19.9 Å². The predicted molar refractivity (Wildman–Crippen MR) is 65.0 cm³/mol. The molecule has 94 valence electrons. The Morgan fingerprint density at radius 3 is 2.94 bits per heavy atom. The summed E-state index contributed by atoms with van der Waals surface area (Å²) in [5, 5.41) is 4.12. The number of carbonyl (C=O) groups is 1. The zero-order chi connectivity index (χ0) is 12.3. The highest BCUT2D eigenvalue weighted by atomic mass is 16.5. The lowest BCUT2D eigenvalue weighted by Gasteiger charge is -2.34. The first-order chi connectivity index (χ1) is 8.24. The van der Waals surface area contributed by atoms with Crippen molar-refractivity contribution in [2.45, 2.75) is 45.8 Å². The van der Waals surface area contributed by atoms with Crippen LogP contribution in [0.25, 0.3) is 0 Å². The molecule has 2 rings (SSSR count). The van der Waals surface area contributed by atoms with E-state index in [9.17, 15) is 4.79 Å². The van der Waals surface area contributed by atoms with E-state index in [4.69, 9.17) is 4.74 Å². The Balaban J connectivity index is 1.83. The number of carbonyl (C=O) groups excluding carboxylic acids is 1. The number of aromatic nitrogens is 2. The number of hydrogen-bond acceptors (Lipinski definition) is 3. The maximum absolute atomic E-state index is 12.1. The van der Waals surface area contributed by atoms with Gasteiger partial charge in [-0.25, -0.2) is 0 Å². The lowest BCUT2D eigenvalue weighted by atomic mass is 9.78. The minimum atomic E-state index is 0.212. The molecule has 1 heterocycles. The van der Waals surface area contributed by atoms with Crippen LogP contribution in [0.3, 0.4) is 0 Å². The molecule has 0 spiro atoms. The number of nitrogens with zero attached hydrogens (tertiary/aromatic N) is 2. The summed E-state index contributed by atoms with van der Waals surface area (Å²) in [4.78, 5) is 12.1. The van der Waals surface area contributed by atoms with E-state index in [2.05, 4.69) is 5.10 Å². The number of rotatable bonds is 6. The van der Waals surface area contributed by atoms with Gasteiger partial charge in [-0.2, -0.15) is 5.10 Å². The summed E-state index contributed by atoms with van der Waals surface area (Å²) in [6.07, 6.45) is 4.77. The smallest absolute Gasteiger partial charge is 0.181 e. The Morgan fingerprint density at radius 2 is 2.29 bits per heavy atom. The SMILES string of the molecule is CCOC1CC(CC(=O)c2ccnn2CC)C1. The molecule has 0 N–H and O–H groups in total. The van der Waals surface area contributed by atoms with Gasteiger partial charge in [-0.05, 0) is 38.7 Å². The van der Waals surface area contributed by atoms with Gasteiger partial charge in [-0.3, -0.25) is 9.48 Å². The van der Waals surface area contributed by atoms with Crippen molar-refractivity contribution in [2.75, 3.05) is 6.61 Å². The molecule has 0 radical (unpaired) electrons. The van der Waals surface area contributed by atoms with Crippen molar-refractivity contribution < 1.29 is 9.53 Å². The van der Waals surface area contributed by atoms with E-state index >= 15 is 0 Å². The van der Waals surface area contributed by atoms with Gasteiger partial charge >= 0.3 is 0 Å². The van der Waals surface area contributed by atoms with E-state index < -0.39 is 0 Å². The Bertz CT molecular complexity index is 381. The molecule has 0 saturated heterocycles. The topological polar surface area (TPSA) is 44.1 Å². The largest absolute Gasteiger partial charge is 0.378 e. The fraction of sp³-hybridized carbons (Fsp3) is 0.692. The van der Waals surface area contributed by atoms with Crippen LogP contribution in [0.4, 0.5) is 0 Å². The first-order valence-electron chi connectivity index (χ1n) is 6.41. The summed E-state index contributed by atoms with van der Waals surface area (Å²) in [5.41, 5.74) is 0.743. The van der Waals surface area contributed by atoms with E-state index in [0.29, 0.717) is 18.4 Å². The van der Waals surface area contributed by atoms with Crippen molar-refractivity contribution in [2.24, 2.45) is 5.92 Å². The third kappa shape index (κ3) is 2.75. The highest BCUT2D eigenvalue weighted by Crippen LogP contribution is 2.33. The highest BCUT2D eigenvalue weighted by Gasteiger charge is 2.31. The number of Topliss-reactive ketones (excluding diaryl/α,β-unsaturated/α-hetero) is 1. The summed E-state index contributed by atoms with van der Waals surface area (Å²) in [7, 11) is 0. The second-order valence-electron chi connectivity index (χ2n) is 4.57. The van der Waals surface area contributed by atoms with Crippen LogP contribution in [-0.2, 0) is 11.3 Å². The first kappa shape index (κ1) is 12.3. The van der Waals surface area contributed by atoms with Crippen molar-refractivity contribution in [1.82, 2.24) is 9.78 Å². The summed E-state index contributed by atoms with van der Waals surface area (Å²) < 4.78 is 7.26. The molecule has 1 saturated carbocycles. The zero-order valence-corrected chi connectivity index (χ0v) is 10.6. The van der Waals surface area contributed by atoms with E-state index in [1.54, 1.807) is 10.9 Å². The standard InChI is InChI=1S/C13H20N2O2/c1-3-15-12(5-6-14-15)13(16)9-10-7-11(8-10)17-4-2/h5-6,10-11H,3-4,7-9H2,1-2H3. The van der Waals surface area contributed by atoms with E-state index in [0.717, 1.165) is 31.7 Å². The van der Waals surface area contributed by atoms with Crippen LogP contribution in [-0.4, -0.2) is 28.3 Å². The Hall–Kier alpha value is -1.16. The molecule has 0 aromatic carbocycles. The third-order valence-electron chi connectivity index (χ3n) is 3.37. The van der Waals surface area contributed by atoms with Crippen molar-refractivity contribution in [3.63, 3.8) is 0 Å². The molecule has 4 heteroatoms. The van der Waals surface area contributed by atoms with Gasteiger partial charge in [0.25, 0.3) is 0 Å². The molecular formula is C13H20N2O2. The molecule has 17 heavy (non-hydrogen) atoms. The lowest BCUT2D eigenvalue weighted by Crippen LogP contribution is -2.33. The fourth-order valence-electron chi connectivity index (χ4n) is 2.40. The summed E-state index contributed by atoms with van der Waals surface area (Å²) in [6.45, 7) is 5.53. The maximum Gasteiger partial charge on any atom is 0.181 e. The van der Waals surface area contributed by atoms with Crippen LogP contribution in [0.2, 0.25) is 0 Å². The van der Waals surface area contributed by atoms with Crippen molar-refractivity contribution in [1.29, 1.82) is 0 Å². The molecular weight excluding hydrogens is 216 g/mol. The average molecular weight is 236 g/mol. The molecule has 0 amide bonds. The van der Waals surface area contributed by atoms with E-state index in [-0.39, 0.29) is 5.78 Å². The molecule has 4 nitrogen and oxygen atoms in total. The fourth-order valence-corrected chi connectivity index (χ4v) is 2.40. The van der Waals surface area contributed by atoms with Crippen LogP contribution < -0.4 is 0 Å². The Morgan fingerprint density at radius 1 is 1.53 bits per heavy atom. The Labute approximate surface area is 102 Å². The monoisotopic (exact) mass is 236 g/mol. The van der Waals surface area contributed by atoms with E-state index in [1.165, 1.54) is 0 Å². The minimum Gasteiger partial charge on any atom is -0.378 e. The molecule has 1 aliphatic carbocycles. The van der Waals surface area contributed by atoms with Gasteiger partial charge in [0, 0.05) is 25.8 Å². The maximum atomic E-state index is 12.1. The second kappa shape index (κ2) is 5.45. The second-order valence-corrected chi connectivity index (χ2v) is 4.57. The Kier molecular flexibility index (Phi) is 3.94. The van der Waals surface area contributed by atoms with Gasteiger partial charge in [0.1, 0.15) is 5.69 Å². The molecule has 0 aliphatic heterocycles. The summed E-state index contributed by atoms with van der Waals surface area (Å²) in [5.74, 6) is 0.712. The van der Waals surface area contributed by atoms with Crippen LogP contribution in [0.15, 0.2) is 12.3 Å². The van der Waals surface area contributed by atoms with Crippen LogP contribution in [0.5, 0.6) is 0 Å². The first-order valence-corrected chi connectivity index (χ1v) is 6.41. The molecule has 0 unspecified atom stereocenters. The normalized spacial score (nSPS) is 23.4. The predicted octanol–water partition coefficient (Wildman–Crippen LogP) is 2.29. The van der Waals surface area contributed by atoms with Gasteiger partial charge < -0.3 is 4.74 Å². The molecule has 1 aromatic rings. The molecule has 0 atom stereocenters. The molecule has 1 aliphatic rings. The zero-order valence-electron chi connectivity index (χ0n) is 10.6. The van der Waals surface area contributed by atoms with Gasteiger partial charge in [-0.1, -0.05) is 0 Å².